The van der Waals surface area contributed by atoms with Crippen LogP contribution < -0.4 is 9.47 Å². The zero-order valence-corrected chi connectivity index (χ0v) is 19.1. The fourth-order valence-electron chi connectivity index (χ4n) is 3.92. The molecule has 2 aromatic carbocycles. The van der Waals surface area contributed by atoms with Crippen LogP contribution in [0.5, 0.6) is 11.5 Å². The number of carbonyl (C=O) groups excluding carboxylic acids is 2. The molecule has 6 nitrogen and oxygen atoms in total. The molecule has 6 heteroatoms. The van der Waals surface area contributed by atoms with Gasteiger partial charge in [0.1, 0.15) is 17.3 Å². The fraction of sp³-hybridized carbons (Fsp3) is 0.385. The highest BCUT2D eigenvalue weighted by molar-refractivity contribution is 6.46. The van der Waals surface area contributed by atoms with Gasteiger partial charge in [0.05, 0.1) is 24.8 Å². The fourth-order valence-corrected chi connectivity index (χ4v) is 3.92. The summed E-state index contributed by atoms with van der Waals surface area (Å²) in [4.78, 5) is 27.6. The van der Waals surface area contributed by atoms with Gasteiger partial charge in [-0.3, -0.25) is 9.59 Å². The highest BCUT2D eigenvalue weighted by atomic mass is 16.5. The van der Waals surface area contributed by atoms with Gasteiger partial charge in [-0.1, -0.05) is 44.0 Å². The maximum atomic E-state index is 13.1. The number of hydrogen-bond donors (Lipinski definition) is 1. The molecule has 0 bridgehead atoms. The van der Waals surface area contributed by atoms with Crippen LogP contribution in [-0.2, 0) is 9.59 Å². The van der Waals surface area contributed by atoms with E-state index in [-0.39, 0.29) is 17.4 Å². The monoisotopic (exact) mass is 437 g/mol. The highest BCUT2D eigenvalue weighted by Crippen LogP contribution is 2.40. The van der Waals surface area contributed by atoms with Crippen LogP contribution in [0.3, 0.4) is 0 Å². The van der Waals surface area contributed by atoms with E-state index in [1.54, 1.807) is 48.4 Å². The molecule has 1 N–H and O–H groups in total. The van der Waals surface area contributed by atoms with E-state index in [0.717, 1.165) is 24.8 Å². The molecule has 1 fully saturated rings. The Morgan fingerprint density at radius 2 is 1.78 bits per heavy atom. The molecule has 0 aromatic heterocycles. The van der Waals surface area contributed by atoms with E-state index in [9.17, 15) is 14.7 Å². The van der Waals surface area contributed by atoms with Crippen molar-refractivity contribution in [2.45, 2.75) is 52.2 Å². The van der Waals surface area contributed by atoms with Gasteiger partial charge < -0.3 is 19.5 Å². The first-order chi connectivity index (χ1) is 15.4. The smallest absolute Gasteiger partial charge is 0.295 e. The topological polar surface area (TPSA) is 76.1 Å². The van der Waals surface area contributed by atoms with Crippen LogP contribution in [0.1, 0.15) is 57.2 Å². The molecular weight excluding hydrogens is 406 g/mol. The van der Waals surface area contributed by atoms with Gasteiger partial charge >= 0.3 is 0 Å². The minimum Gasteiger partial charge on any atom is -0.507 e. The van der Waals surface area contributed by atoms with Crippen LogP contribution >= 0.6 is 0 Å². The van der Waals surface area contributed by atoms with Crippen LogP contribution in [0.2, 0.25) is 0 Å². The number of unbranched alkanes of at least 4 members (excludes halogenated alkanes) is 2. The van der Waals surface area contributed by atoms with Gasteiger partial charge in [0, 0.05) is 12.1 Å². The van der Waals surface area contributed by atoms with Crippen molar-refractivity contribution in [1.29, 1.82) is 0 Å². The number of nitrogens with zero attached hydrogens (tertiary/aromatic N) is 1. The molecule has 3 rings (SSSR count). The van der Waals surface area contributed by atoms with E-state index < -0.39 is 17.7 Å². The Kier molecular flexibility index (Phi) is 7.57. The number of aliphatic hydroxyl groups is 1. The molecule has 1 aliphatic heterocycles. The van der Waals surface area contributed by atoms with Crippen molar-refractivity contribution in [3.05, 3.63) is 65.2 Å². The normalized spacial score (nSPS) is 17.8. The number of hydrogen-bond acceptors (Lipinski definition) is 5. The van der Waals surface area contributed by atoms with E-state index >= 15 is 0 Å². The van der Waals surface area contributed by atoms with Gasteiger partial charge in [0.2, 0.25) is 0 Å². The summed E-state index contributed by atoms with van der Waals surface area (Å²) < 4.78 is 11.0. The number of aliphatic hydroxyl groups excluding tert-OH is 1. The Labute approximate surface area is 189 Å². The molecule has 0 spiro atoms. The number of Topliss-reactive ketones (excluding diaryl/α,β-unsaturated/α-hetero) is 1. The second kappa shape index (κ2) is 10.4. The Bertz CT molecular complexity index is 994. The van der Waals surface area contributed by atoms with E-state index in [0.29, 0.717) is 23.6 Å². The minimum atomic E-state index is -0.671. The molecule has 32 heavy (non-hydrogen) atoms. The van der Waals surface area contributed by atoms with E-state index in [2.05, 4.69) is 6.92 Å². The van der Waals surface area contributed by atoms with Gasteiger partial charge in [-0.25, -0.2) is 0 Å². The van der Waals surface area contributed by atoms with Gasteiger partial charge in [-0.15, -0.1) is 0 Å². The van der Waals surface area contributed by atoms with Gasteiger partial charge in [0.15, 0.2) is 0 Å². The quantitative estimate of drug-likeness (QED) is 0.256. The Hall–Kier alpha value is -3.28. The lowest BCUT2D eigenvalue weighted by Gasteiger charge is -2.25. The van der Waals surface area contributed by atoms with Crippen LogP contribution in [0, 0.1) is 0 Å². The number of carbonyl (C=O) groups is 2. The SMILES string of the molecule is CCCCCN1C(=O)C(=O)/C(=C(\O)c2cccc(OC(C)C)c2)C1c1ccc(OC)cc1. The number of ether oxygens (including phenoxy) is 2. The molecule has 0 saturated carbocycles. The second-order valence-electron chi connectivity index (χ2n) is 8.17. The van der Waals surface area contributed by atoms with Crippen LogP contribution in [-0.4, -0.2) is 41.5 Å². The van der Waals surface area contributed by atoms with Crippen molar-refractivity contribution in [2.24, 2.45) is 0 Å². The number of benzene rings is 2. The predicted octanol–water partition coefficient (Wildman–Crippen LogP) is 5.09. The third-order valence-corrected chi connectivity index (χ3v) is 5.45. The molecule has 1 atom stereocenters. The first kappa shape index (κ1) is 23.4. The van der Waals surface area contributed by atoms with Crippen LogP contribution in [0.4, 0.5) is 0 Å². The average molecular weight is 438 g/mol. The Balaban J connectivity index is 2.09. The molecular formula is C26H31NO5. The van der Waals surface area contributed by atoms with Crippen molar-refractivity contribution in [3.63, 3.8) is 0 Å². The molecule has 1 aliphatic rings. The van der Waals surface area contributed by atoms with Gasteiger partial charge in [0.25, 0.3) is 11.7 Å². The first-order valence-corrected chi connectivity index (χ1v) is 11.1. The number of ketones is 1. The predicted molar refractivity (Wildman–Crippen MR) is 124 cm³/mol. The van der Waals surface area contributed by atoms with Crippen LogP contribution in [0.25, 0.3) is 5.76 Å². The standard InChI is InChI=1S/C26H31NO5/c1-5-6-7-15-27-23(18-11-13-20(31-4)14-12-18)22(25(29)26(27)30)24(28)19-9-8-10-21(16-19)32-17(2)3/h8-14,16-17,23,28H,5-7,15H2,1-4H3/b24-22-. The highest BCUT2D eigenvalue weighted by Gasteiger charge is 2.45. The number of methoxy groups -OCH3 is 1. The zero-order valence-electron chi connectivity index (χ0n) is 19.1. The molecule has 170 valence electrons. The zero-order chi connectivity index (χ0) is 23.3. The summed E-state index contributed by atoms with van der Waals surface area (Å²) in [5.74, 6) is -0.193. The largest absolute Gasteiger partial charge is 0.507 e. The van der Waals surface area contributed by atoms with Crippen molar-refractivity contribution >= 4 is 17.4 Å². The molecule has 0 radical (unpaired) electrons. The second-order valence-corrected chi connectivity index (χ2v) is 8.17. The van der Waals surface area contributed by atoms with Gasteiger partial charge in [-0.2, -0.15) is 0 Å². The summed E-state index contributed by atoms with van der Waals surface area (Å²) in [5.41, 5.74) is 1.28. The third kappa shape index (κ3) is 4.96. The molecule has 1 heterocycles. The molecule has 2 aromatic rings. The lowest BCUT2D eigenvalue weighted by Crippen LogP contribution is -2.30. The molecule has 0 aliphatic carbocycles. The van der Waals surface area contributed by atoms with Crippen molar-refractivity contribution in [2.75, 3.05) is 13.7 Å². The van der Waals surface area contributed by atoms with E-state index in [1.807, 2.05) is 26.0 Å². The minimum absolute atomic E-state index is 0.0316. The molecule has 1 amide bonds. The average Bonchev–Trinajstić information content (AvgIpc) is 3.03. The van der Waals surface area contributed by atoms with Crippen molar-refractivity contribution in [3.8, 4) is 11.5 Å². The lowest BCUT2D eigenvalue weighted by atomic mass is 9.95. The van der Waals surface area contributed by atoms with Crippen LogP contribution in [0.15, 0.2) is 54.1 Å². The van der Waals surface area contributed by atoms with E-state index in [1.165, 1.54) is 0 Å². The number of rotatable bonds is 9. The summed E-state index contributed by atoms with van der Waals surface area (Å²) in [6.45, 7) is 6.36. The maximum absolute atomic E-state index is 13.1. The number of likely N-dealkylation sites (tertiary alicyclic amines) is 1. The summed E-state index contributed by atoms with van der Waals surface area (Å²) in [5, 5.41) is 11.2. The van der Waals surface area contributed by atoms with E-state index in [4.69, 9.17) is 9.47 Å². The first-order valence-electron chi connectivity index (χ1n) is 11.1. The molecule has 1 unspecified atom stereocenters. The number of amides is 1. The van der Waals surface area contributed by atoms with Crippen molar-refractivity contribution in [1.82, 2.24) is 4.90 Å². The Morgan fingerprint density at radius 1 is 1.06 bits per heavy atom. The van der Waals surface area contributed by atoms with Crippen molar-refractivity contribution < 1.29 is 24.2 Å². The Morgan fingerprint density at radius 3 is 2.41 bits per heavy atom. The summed E-state index contributed by atoms with van der Waals surface area (Å²) in [6.07, 6.45) is 2.71. The maximum Gasteiger partial charge on any atom is 0.295 e. The molecule has 1 saturated heterocycles. The summed E-state index contributed by atoms with van der Waals surface area (Å²) in [6, 6.07) is 13.5. The summed E-state index contributed by atoms with van der Waals surface area (Å²) in [7, 11) is 1.58. The van der Waals surface area contributed by atoms with Gasteiger partial charge in [-0.05, 0) is 50.1 Å². The lowest BCUT2D eigenvalue weighted by molar-refractivity contribution is -0.139. The third-order valence-electron chi connectivity index (χ3n) is 5.45. The summed E-state index contributed by atoms with van der Waals surface area (Å²) >= 11 is 0.